The van der Waals surface area contributed by atoms with Crippen molar-refractivity contribution in [2.24, 2.45) is 0 Å². The van der Waals surface area contributed by atoms with Gasteiger partial charge in [-0.2, -0.15) is 0 Å². The van der Waals surface area contributed by atoms with Gasteiger partial charge in [-0.05, 0) is 26.8 Å². The highest BCUT2D eigenvalue weighted by atomic mass is 32.1. The van der Waals surface area contributed by atoms with Crippen LogP contribution in [0.4, 0.5) is 0 Å². The Morgan fingerprint density at radius 1 is 1.53 bits per heavy atom. The first-order chi connectivity index (χ1) is 7.27. The van der Waals surface area contributed by atoms with Crippen LogP contribution in [-0.4, -0.2) is 24.7 Å². The van der Waals surface area contributed by atoms with Gasteiger partial charge in [0.15, 0.2) is 0 Å². The molecule has 0 spiro atoms. The van der Waals surface area contributed by atoms with Crippen molar-refractivity contribution in [1.29, 1.82) is 0 Å². The molecule has 0 aliphatic carbocycles. The standard InChI is InChI=1S/C11H20N2OS/c1-4-6-12-10(8-14-5-2)11-7-13-9(3)15-11/h7,10,12H,4-6,8H2,1-3H3. The second-order valence-corrected chi connectivity index (χ2v) is 4.71. The van der Waals surface area contributed by atoms with Crippen molar-refractivity contribution in [3.05, 3.63) is 16.1 Å². The summed E-state index contributed by atoms with van der Waals surface area (Å²) in [5.41, 5.74) is 0. The maximum Gasteiger partial charge on any atom is 0.0897 e. The second kappa shape index (κ2) is 6.93. The molecule has 0 fully saturated rings. The number of thiazole rings is 1. The summed E-state index contributed by atoms with van der Waals surface area (Å²) in [4.78, 5) is 5.55. The molecule has 1 heterocycles. The molecular formula is C11H20N2OS. The molecule has 1 unspecified atom stereocenters. The van der Waals surface area contributed by atoms with Crippen LogP contribution in [0.2, 0.25) is 0 Å². The van der Waals surface area contributed by atoms with Crippen LogP contribution in [0.5, 0.6) is 0 Å². The van der Waals surface area contributed by atoms with Gasteiger partial charge in [-0.1, -0.05) is 6.92 Å². The Kier molecular flexibility index (Phi) is 5.83. The van der Waals surface area contributed by atoms with E-state index >= 15 is 0 Å². The minimum Gasteiger partial charge on any atom is -0.380 e. The molecule has 0 aliphatic heterocycles. The van der Waals surface area contributed by atoms with Gasteiger partial charge in [-0.3, -0.25) is 0 Å². The molecule has 3 nitrogen and oxygen atoms in total. The molecule has 1 aromatic rings. The largest absolute Gasteiger partial charge is 0.380 e. The number of nitrogens with zero attached hydrogens (tertiary/aromatic N) is 1. The van der Waals surface area contributed by atoms with E-state index in [9.17, 15) is 0 Å². The molecule has 1 N–H and O–H groups in total. The van der Waals surface area contributed by atoms with Gasteiger partial charge in [0.25, 0.3) is 0 Å². The van der Waals surface area contributed by atoms with E-state index in [-0.39, 0.29) is 0 Å². The van der Waals surface area contributed by atoms with Gasteiger partial charge in [-0.15, -0.1) is 11.3 Å². The fraction of sp³-hybridized carbons (Fsp3) is 0.727. The average Bonchev–Trinajstić information content (AvgIpc) is 2.65. The lowest BCUT2D eigenvalue weighted by atomic mass is 10.2. The summed E-state index contributed by atoms with van der Waals surface area (Å²) >= 11 is 1.74. The van der Waals surface area contributed by atoms with Crippen LogP contribution in [0.1, 0.15) is 36.2 Å². The molecule has 15 heavy (non-hydrogen) atoms. The minimum atomic E-state index is 0.302. The highest BCUT2D eigenvalue weighted by molar-refractivity contribution is 7.11. The highest BCUT2D eigenvalue weighted by Gasteiger charge is 2.12. The number of rotatable bonds is 7. The summed E-state index contributed by atoms with van der Waals surface area (Å²) in [7, 11) is 0. The average molecular weight is 228 g/mol. The molecule has 86 valence electrons. The predicted octanol–water partition coefficient (Wildman–Crippen LogP) is 2.53. The molecule has 0 amide bonds. The lowest BCUT2D eigenvalue weighted by Crippen LogP contribution is -2.25. The molecular weight excluding hydrogens is 208 g/mol. The van der Waals surface area contributed by atoms with E-state index < -0.39 is 0 Å². The first-order valence-electron chi connectivity index (χ1n) is 5.51. The van der Waals surface area contributed by atoms with Gasteiger partial charge in [0.05, 0.1) is 17.7 Å². The Balaban J connectivity index is 2.54. The SMILES string of the molecule is CCCNC(COCC)c1cnc(C)s1. The number of nitrogens with one attached hydrogen (secondary N) is 1. The maximum absolute atomic E-state index is 5.47. The fourth-order valence-corrected chi connectivity index (χ4v) is 2.18. The molecule has 0 aliphatic rings. The van der Waals surface area contributed by atoms with Crippen molar-refractivity contribution in [1.82, 2.24) is 10.3 Å². The summed E-state index contributed by atoms with van der Waals surface area (Å²) in [5, 5.41) is 4.59. The fourth-order valence-electron chi connectivity index (χ4n) is 1.33. The van der Waals surface area contributed by atoms with E-state index in [2.05, 4.69) is 17.2 Å². The topological polar surface area (TPSA) is 34.1 Å². The Labute approximate surface area is 95.9 Å². The lowest BCUT2D eigenvalue weighted by Gasteiger charge is -2.16. The smallest absolute Gasteiger partial charge is 0.0897 e. The summed E-state index contributed by atoms with van der Waals surface area (Å²) in [6.07, 6.45) is 3.09. The third kappa shape index (κ3) is 4.28. The van der Waals surface area contributed by atoms with E-state index in [0.717, 1.165) is 31.2 Å². The summed E-state index contributed by atoms with van der Waals surface area (Å²) in [5.74, 6) is 0. The zero-order valence-corrected chi connectivity index (χ0v) is 10.6. The first kappa shape index (κ1) is 12.6. The van der Waals surface area contributed by atoms with E-state index in [1.165, 1.54) is 4.88 Å². The van der Waals surface area contributed by atoms with Gasteiger partial charge in [-0.25, -0.2) is 4.98 Å². The third-order valence-corrected chi connectivity index (χ3v) is 3.14. The number of aryl methyl sites for hydroxylation is 1. The lowest BCUT2D eigenvalue weighted by molar-refractivity contribution is 0.124. The monoisotopic (exact) mass is 228 g/mol. The molecule has 0 bridgehead atoms. The number of ether oxygens (including phenoxy) is 1. The normalized spacial score (nSPS) is 13.0. The Morgan fingerprint density at radius 2 is 2.33 bits per heavy atom. The van der Waals surface area contributed by atoms with Crippen LogP contribution >= 0.6 is 11.3 Å². The summed E-state index contributed by atoms with van der Waals surface area (Å²) < 4.78 is 5.47. The van der Waals surface area contributed by atoms with Crippen molar-refractivity contribution in [2.75, 3.05) is 19.8 Å². The van der Waals surface area contributed by atoms with Crippen LogP contribution in [-0.2, 0) is 4.74 Å². The highest BCUT2D eigenvalue weighted by Crippen LogP contribution is 2.20. The molecule has 0 saturated heterocycles. The number of aromatic nitrogens is 1. The van der Waals surface area contributed by atoms with Crippen LogP contribution in [0.25, 0.3) is 0 Å². The molecule has 0 saturated carbocycles. The number of hydrogen-bond donors (Lipinski definition) is 1. The molecule has 0 aromatic carbocycles. The van der Waals surface area contributed by atoms with Crippen LogP contribution < -0.4 is 5.32 Å². The summed E-state index contributed by atoms with van der Waals surface area (Å²) in [6.45, 7) is 8.75. The van der Waals surface area contributed by atoms with E-state index in [1.54, 1.807) is 11.3 Å². The second-order valence-electron chi connectivity index (χ2n) is 3.45. The number of hydrogen-bond acceptors (Lipinski definition) is 4. The van der Waals surface area contributed by atoms with E-state index in [4.69, 9.17) is 4.74 Å². The van der Waals surface area contributed by atoms with Crippen molar-refractivity contribution in [2.45, 2.75) is 33.2 Å². The van der Waals surface area contributed by atoms with Gasteiger partial charge < -0.3 is 10.1 Å². The Hall–Kier alpha value is -0.450. The van der Waals surface area contributed by atoms with Crippen molar-refractivity contribution in [3.63, 3.8) is 0 Å². The zero-order valence-electron chi connectivity index (χ0n) is 9.75. The molecule has 1 aromatic heterocycles. The van der Waals surface area contributed by atoms with Crippen LogP contribution in [0.15, 0.2) is 6.20 Å². The Bertz CT molecular complexity index is 267. The van der Waals surface area contributed by atoms with Crippen LogP contribution in [0, 0.1) is 6.92 Å². The predicted molar refractivity (Wildman–Crippen MR) is 64.4 cm³/mol. The van der Waals surface area contributed by atoms with E-state index in [0.29, 0.717) is 6.04 Å². The summed E-state index contributed by atoms with van der Waals surface area (Å²) in [6, 6.07) is 0.302. The van der Waals surface area contributed by atoms with Crippen molar-refractivity contribution < 1.29 is 4.74 Å². The minimum absolute atomic E-state index is 0.302. The molecule has 4 heteroatoms. The zero-order chi connectivity index (χ0) is 11.1. The third-order valence-electron chi connectivity index (χ3n) is 2.11. The van der Waals surface area contributed by atoms with Crippen molar-refractivity contribution >= 4 is 11.3 Å². The van der Waals surface area contributed by atoms with Crippen LogP contribution in [0.3, 0.4) is 0 Å². The molecule has 1 rings (SSSR count). The quantitative estimate of drug-likeness (QED) is 0.778. The Morgan fingerprint density at radius 3 is 2.87 bits per heavy atom. The maximum atomic E-state index is 5.47. The van der Waals surface area contributed by atoms with Gasteiger partial charge in [0, 0.05) is 17.7 Å². The first-order valence-corrected chi connectivity index (χ1v) is 6.33. The van der Waals surface area contributed by atoms with Gasteiger partial charge >= 0.3 is 0 Å². The van der Waals surface area contributed by atoms with Gasteiger partial charge in [0.2, 0.25) is 0 Å². The molecule has 1 atom stereocenters. The molecule has 0 radical (unpaired) electrons. The van der Waals surface area contributed by atoms with E-state index in [1.807, 2.05) is 20.0 Å². The van der Waals surface area contributed by atoms with Crippen molar-refractivity contribution in [3.8, 4) is 0 Å². The van der Waals surface area contributed by atoms with Gasteiger partial charge in [0.1, 0.15) is 0 Å².